The molecule has 0 saturated carbocycles. The fourth-order valence-corrected chi connectivity index (χ4v) is 5.72. The topological polar surface area (TPSA) is 86.8 Å². The summed E-state index contributed by atoms with van der Waals surface area (Å²) < 4.78 is 28.3. The monoisotopic (exact) mass is 477 g/mol. The van der Waals surface area contributed by atoms with E-state index in [-0.39, 0.29) is 41.9 Å². The van der Waals surface area contributed by atoms with Crippen molar-refractivity contribution in [3.63, 3.8) is 0 Å². The van der Waals surface area contributed by atoms with Gasteiger partial charge in [-0.2, -0.15) is 0 Å². The van der Waals surface area contributed by atoms with E-state index in [2.05, 4.69) is 5.32 Å². The SMILES string of the molecule is CCN(c1ccccc1)S(=O)(=O)c1ccccc1NC(=O)C1CC(=O)N(c2ccc(C)cc2)C1. The van der Waals surface area contributed by atoms with Gasteiger partial charge in [0.1, 0.15) is 4.90 Å². The molecular weight excluding hydrogens is 450 g/mol. The van der Waals surface area contributed by atoms with Crippen LogP contribution in [-0.4, -0.2) is 33.3 Å². The van der Waals surface area contributed by atoms with Gasteiger partial charge < -0.3 is 10.2 Å². The van der Waals surface area contributed by atoms with Crippen molar-refractivity contribution in [3.8, 4) is 0 Å². The molecule has 0 radical (unpaired) electrons. The van der Waals surface area contributed by atoms with Crippen LogP contribution in [0.4, 0.5) is 17.1 Å². The smallest absolute Gasteiger partial charge is 0.266 e. The lowest BCUT2D eigenvalue weighted by atomic mass is 10.1. The first-order valence-electron chi connectivity index (χ1n) is 11.2. The molecule has 1 heterocycles. The van der Waals surface area contributed by atoms with Crippen molar-refractivity contribution in [2.45, 2.75) is 25.2 Å². The number of rotatable bonds is 7. The average Bonchev–Trinajstić information content (AvgIpc) is 3.22. The van der Waals surface area contributed by atoms with Gasteiger partial charge in [0, 0.05) is 25.2 Å². The lowest BCUT2D eigenvalue weighted by Crippen LogP contribution is -2.32. The Bertz CT molecular complexity index is 1290. The molecule has 3 aromatic rings. The molecule has 0 aliphatic carbocycles. The standard InChI is InChI=1S/C26H27N3O4S/c1-3-29(22-9-5-4-6-10-22)34(32,33)24-12-8-7-11-23(24)27-26(31)20-17-25(30)28(18-20)21-15-13-19(2)14-16-21/h4-16,20H,3,17-18H2,1-2H3,(H,27,31). The highest BCUT2D eigenvalue weighted by molar-refractivity contribution is 7.93. The summed E-state index contributed by atoms with van der Waals surface area (Å²) in [7, 11) is -3.93. The minimum absolute atomic E-state index is 0.00812. The Morgan fingerprint density at radius 3 is 2.32 bits per heavy atom. The van der Waals surface area contributed by atoms with Crippen LogP contribution in [0, 0.1) is 12.8 Å². The molecule has 1 saturated heterocycles. The zero-order chi connectivity index (χ0) is 24.3. The molecule has 0 spiro atoms. The summed E-state index contributed by atoms with van der Waals surface area (Å²) in [6, 6.07) is 22.7. The molecule has 7 nitrogen and oxygen atoms in total. The molecular formula is C26H27N3O4S. The van der Waals surface area contributed by atoms with Crippen LogP contribution in [0.1, 0.15) is 18.9 Å². The van der Waals surface area contributed by atoms with Gasteiger partial charge in [-0.3, -0.25) is 13.9 Å². The predicted molar refractivity (Wildman–Crippen MR) is 133 cm³/mol. The van der Waals surface area contributed by atoms with E-state index in [0.717, 1.165) is 11.3 Å². The fraction of sp³-hybridized carbons (Fsp3) is 0.231. The van der Waals surface area contributed by atoms with Gasteiger partial charge in [-0.25, -0.2) is 8.42 Å². The van der Waals surface area contributed by atoms with Gasteiger partial charge in [0.15, 0.2) is 0 Å². The molecule has 1 aliphatic heterocycles. The van der Waals surface area contributed by atoms with Gasteiger partial charge in [0.2, 0.25) is 11.8 Å². The van der Waals surface area contributed by atoms with Crippen molar-refractivity contribution in [1.29, 1.82) is 0 Å². The third-order valence-corrected chi connectivity index (χ3v) is 7.85. The Balaban J connectivity index is 1.56. The maximum Gasteiger partial charge on any atom is 0.266 e. The Labute approximate surface area is 200 Å². The number of anilines is 3. The van der Waals surface area contributed by atoms with Crippen molar-refractivity contribution >= 4 is 38.9 Å². The van der Waals surface area contributed by atoms with Gasteiger partial charge >= 0.3 is 0 Å². The van der Waals surface area contributed by atoms with Crippen LogP contribution >= 0.6 is 0 Å². The summed E-state index contributed by atoms with van der Waals surface area (Å²) in [5.41, 5.74) is 2.57. The van der Waals surface area contributed by atoms with Gasteiger partial charge in [0.05, 0.1) is 17.3 Å². The number of hydrogen-bond acceptors (Lipinski definition) is 4. The molecule has 1 fully saturated rings. The molecule has 1 unspecified atom stereocenters. The second kappa shape index (κ2) is 9.69. The first-order chi connectivity index (χ1) is 16.3. The molecule has 0 bridgehead atoms. The number of nitrogens with zero attached hydrogens (tertiary/aromatic N) is 2. The van der Waals surface area contributed by atoms with Crippen LogP contribution in [0.3, 0.4) is 0 Å². The number of carbonyl (C=O) groups excluding carboxylic acids is 2. The first-order valence-corrected chi connectivity index (χ1v) is 12.6. The van der Waals surface area contributed by atoms with Crippen LogP contribution < -0.4 is 14.5 Å². The second-order valence-corrected chi connectivity index (χ2v) is 10.1. The van der Waals surface area contributed by atoms with E-state index in [1.165, 1.54) is 10.4 Å². The molecule has 2 amide bonds. The first kappa shape index (κ1) is 23.5. The van der Waals surface area contributed by atoms with E-state index in [4.69, 9.17) is 0 Å². The number of para-hydroxylation sites is 2. The van der Waals surface area contributed by atoms with Crippen molar-refractivity contribution in [3.05, 3.63) is 84.4 Å². The van der Waals surface area contributed by atoms with Crippen LogP contribution in [0.25, 0.3) is 0 Å². The maximum atomic E-state index is 13.5. The molecule has 176 valence electrons. The van der Waals surface area contributed by atoms with E-state index in [1.807, 2.05) is 37.3 Å². The zero-order valence-electron chi connectivity index (χ0n) is 19.1. The minimum atomic E-state index is -3.93. The van der Waals surface area contributed by atoms with E-state index < -0.39 is 15.9 Å². The van der Waals surface area contributed by atoms with E-state index >= 15 is 0 Å². The third kappa shape index (κ3) is 4.68. The van der Waals surface area contributed by atoms with Gasteiger partial charge in [-0.1, -0.05) is 48.0 Å². The van der Waals surface area contributed by atoms with Crippen LogP contribution in [0.15, 0.2) is 83.8 Å². The second-order valence-electron chi connectivity index (χ2n) is 8.23. The summed E-state index contributed by atoms with van der Waals surface area (Å²) >= 11 is 0. The minimum Gasteiger partial charge on any atom is -0.325 e. The highest BCUT2D eigenvalue weighted by atomic mass is 32.2. The summed E-state index contributed by atoms with van der Waals surface area (Å²) in [5, 5.41) is 2.77. The summed E-state index contributed by atoms with van der Waals surface area (Å²) in [4.78, 5) is 27.3. The van der Waals surface area contributed by atoms with Crippen molar-refractivity contribution in [2.24, 2.45) is 5.92 Å². The highest BCUT2D eigenvalue weighted by Crippen LogP contribution is 2.30. The quantitative estimate of drug-likeness (QED) is 0.553. The van der Waals surface area contributed by atoms with Crippen molar-refractivity contribution < 1.29 is 18.0 Å². The number of hydrogen-bond donors (Lipinski definition) is 1. The highest BCUT2D eigenvalue weighted by Gasteiger charge is 2.36. The molecule has 1 N–H and O–H groups in total. The van der Waals surface area contributed by atoms with Crippen LogP contribution in [-0.2, 0) is 19.6 Å². The summed E-state index contributed by atoms with van der Waals surface area (Å²) in [6.45, 7) is 4.20. The van der Waals surface area contributed by atoms with Gasteiger partial charge in [-0.05, 0) is 50.2 Å². The number of sulfonamides is 1. The molecule has 8 heteroatoms. The van der Waals surface area contributed by atoms with E-state index in [9.17, 15) is 18.0 Å². The molecule has 3 aromatic carbocycles. The molecule has 4 rings (SSSR count). The predicted octanol–water partition coefficient (Wildman–Crippen LogP) is 4.20. The largest absolute Gasteiger partial charge is 0.325 e. The Morgan fingerprint density at radius 2 is 1.65 bits per heavy atom. The molecule has 1 atom stereocenters. The Morgan fingerprint density at radius 1 is 1.00 bits per heavy atom. The van der Waals surface area contributed by atoms with Crippen LogP contribution in [0.5, 0.6) is 0 Å². The lowest BCUT2D eigenvalue weighted by molar-refractivity contribution is -0.122. The number of nitrogens with one attached hydrogen (secondary N) is 1. The van der Waals surface area contributed by atoms with Gasteiger partial charge in [-0.15, -0.1) is 0 Å². The molecule has 1 aliphatic rings. The number of amides is 2. The summed E-state index contributed by atoms with van der Waals surface area (Å²) in [6.07, 6.45) is 0.0692. The maximum absolute atomic E-state index is 13.5. The number of carbonyl (C=O) groups is 2. The average molecular weight is 478 g/mol. The zero-order valence-corrected chi connectivity index (χ0v) is 20.0. The van der Waals surface area contributed by atoms with Crippen LogP contribution in [0.2, 0.25) is 0 Å². The van der Waals surface area contributed by atoms with Gasteiger partial charge in [0.25, 0.3) is 10.0 Å². The lowest BCUT2D eigenvalue weighted by Gasteiger charge is -2.24. The Kier molecular flexibility index (Phi) is 6.70. The summed E-state index contributed by atoms with van der Waals surface area (Å²) in [5.74, 6) is -1.10. The molecule has 34 heavy (non-hydrogen) atoms. The number of benzene rings is 3. The third-order valence-electron chi connectivity index (χ3n) is 5.89. The van der Waals surface area contributed by atoms with Crippen molar-refractivity contribution in [1.82, 2.24) is 0 Å². The van der Waals surface area contributed by atoms with Crippen molar-refractivity contribution in [2.75, 3.05) is 27.6 Å². The Hall–Kier alpha value is -3.65. The fourth-order valence-electron chi connectivity index (χ4n) is 4.09. The van der Waals surface area contributed by atoms with E-state index in [0.29, 0.717) is 5.69 Å². The normalized spacial score (nSPS) is 15.9. The van der Waals surface area contributed by atoms with E-state index in [1.54, 1.807) is 54.3 Å². The number of aryl methyl sites for hydroxylation is 1. The molecule has 0 aromatic heterocycles.